The number of nitrogens with zero attached hydrogens (tertiary/aromatic N) is 5. The number of carbonyl (C=O) groups is 1. The van der Waals surface area contributed by atoms with Crippen LogP contribution in [0.5, 0.6) is 0 Å². The minimum absolute atomic E-state index is 0.103. The quantitative estimate of drug-likeness (QED) is 0.868. The van der Waals surface area contributed by atoms with Crippen LogP contribution in [0.4, 0.5) is 0 Å². The van der Waals surface area contributed by atoms with E-state index in [-0.39, 0.29) is 11.9 Å². The van der Waals surface area contributed by atoms with Crippen molar-refractivity contribution in [3.8, 4) is 0 Å². The van der Waals surface area contributed by atoms with Crippen molar-refractivity contribution in [2.75, 3.05) is 27.2 Å². The normalized spacial score (nSPS) is 16.5. The highest BCUT2D eigenvalue weighted by atomic mass is 16.2. The van der Waals surface area contributed by atoms with Crippen LogP contribution in [0.15, 0.2) is 12.3 Å². The highest BCUT2D eigenvalue weighted by Crippen LogP contribution is 2.24. The molecule has 1 saturated heterocycles. The number of piperidine rings is 1. The zero-order chi connectivity index (χ0) is 17.4. The molecule has 0 atom stereocenters. The molecule has 3 rings (SSSR count). The molecule has 6 nitrogen and oxygen atoms in total. The van der Waals surface area contributed by atoms with Crippen molar-refractivity contribution in [3.63, 3.8) is 0 Å². The molecular formula is C18H27N5O. The van der Waals surface area contributed by atoms with Gasteiger partial charge in [-0.1, -0.05) is 0 Å². The largest absolute Gasteiger partial charge is 0.339 e. The van der Waals surface area contributed by atoms with Crippen LogP contribution in [0, 0.1) is 6.92 Å². The summed E-state index contributed by atoms with van der Waals surface area (Å²) in [5.41, 5.74) is 2.39. The topological polar surface area (TPSA) is 54.3 Å². The van der Waals surface area contributed by atoms with Gasteiger partial charge < -0.3 is 9.80 Å². The second-order valence-corrected chi connectivity index (χ2v) is 7.22. The molecule has 1 aliphatic heterocycles. The molecule has 3 heterocycles. The Morgan fingerprint density at radius 1 is 1.29 bits per heavy atom. The third-order valence-electron chi connectivity index (χ3n) is 4.90. The molecule has 0 bridgehead atoms. The summed E-state index contributed by atoms with van der Waals surface area (Å²) < 4.78 is 1.89. The minimum Gasteiger partial charge on any atom is -0.339 e. The molecule has 0 aliphatic carbocycles. The number of aromatic nitrogens is 3. The van der Waals surface area contributed by atoms with Crippen LogP contribution >= 0.6 is 0 Å². The first-order valence-corrected chi connectivity index (χ1v) is 8.69. The number of hydrogen-bond donors (Lipinski definition) is 0. The van der Waals surface area contributed by atoms with Gasteiger partial charge in [-0.15, -0.1) is 0 Å². The van der Waals surface area contributed by atoms with Crippen molar-refractivity contribution in [3.05, 3.63) is 23.5 Å². The maximum absolute atomic E-state index is 13.1. The number of likely N-dealkylation sites (tertiary alicyclic amines) is 1. The molecule has 0 aromatic carbocycles. The molecule has 130 valence electrons. The Labute approximate surface area is 143 Å². The van der Waals surface area contributed by atoms with Gasteiger partial charge >= 0.3 is 0 Å². The van der Waals surface area contributed by atoms with E-state index in [1.54, 1.807) is 6.20 Å². The van der Waals surface area contributed by atoms with Gasteiger partial charge in [-0.25, -0.2) is 9.67 Å². The van der Waals surface area contributed by atoms with Gasteiger partial charge in [0, 0.05) is 30.9 Å². The van der Waals surface area contributed by atoms with Gasteiger partial charge in [-0.3, -0.25) is 4.79 Å². The smallest absolute Gasteiger partial charge is 0.254 e. The fourth-order valence-corrected chi connectivity index (χ4v) is 3.45. The Morgan fingerprint density at radius 3 is 2.54 bits per heavy atom. The highest BCUT2D eigenvalue weighted by molar-refractivity contribution is 6.05. The standard InChI is InChI=1S/C18H27N5O/c1-12(2)23-17-16(11-19-23)15(10-13(3)20-17)18(24)22-8-6-14(7-9-22)21(4)5/h10-12,14H,6-9H2,1-5H3. The van der Waals surface area contributed by atoms with Crippen LogP contribution in [0.1, 0.15) is 48.8 Å². The molecule has 1 fully saturated rings. The van der Waals surface area contributed by atoms with Crippen LogP contribution in [0.3, 0.4) is 0 Å². The van der Waals surface area contributed by atoms with Gasteiger partial charge in [0.25, 0.3) is 5.91 Å². The first-order chi connectivity index (χ1) is 11.4. The van der Waals surface area contributed by atoms with Crippen molar-refractivity contribution < 1.29 is 4.79 Å². The Morgan fingerprint density at radius 2 is 1.96 bits per heavy atom. The maximum Gasteiger partial charge on any atom is 0.254 e. The van der Waals surface area contributed by atoms with Gasteiger partial charge in [0.05, 0.1) is 17.1 Å². The summed E-state index contributed by atoms with van der Waals surface area (Å²) in [5, 5.41) is 5.29. The van der Waals surface area contributed by atoms with E-state index in [2.05, 4.69) is 42.9 Å². The van der Waals surface area contributed by atoms with Crippen LogP contribution in [0.2, 0.25) is 0 Å². The lowest BCUT2D eigenvalue weighted by Gasteiger charge is -2.35. The molecule has 24 heavy (non-hydrogen) atoms. The first-order valence-electron chi connectivity index (χ1n) is 8.69. The monoisotopic (exact) mass is 329 g/mol. The fourth-order valence-electron chi connectivity index (χ4n) is 3.45. The molecule has 0 saturated carbocycles. The second kappa shape index (κ2) is 6.51. The second-order valence-electron chi connectivity index (χ2n) is 7.22. The number of amides is 1. The summed E-state index contributed by atoms with van der Waals surface area (Å²) in [6, 6.07) is 2.68. The summed E-state index contributed by atoms with van der Waals surface area (Å²) >= 11 is 0. The van der Waals surface area contributed by atoms with Gasteiger partial charge in [0.15, 0.2) is 5.65 Å². The molecular weight excluding hydrogens is 302 g/mol. The molecule has 6 heteroatoms. The number of fused-ring (bicyclic) bond motifs is 1. The van der Waals surface area contributed by atoms with E-state index >= 15 is 0 Å². The van der Waals surface area contributed by atoms with E-state index in [0.29, 0.717) is 6.04 Å². The number of rotatable bonds is 3. The average Bonchev–Trinajstić information content (AvgIpc) is 2.97. The van der Waals surface area contributed by atoms with E-state index in [9.17, 15) is 4.79 Å². The van der Waals surface area contributed by atoms with Crippen LogP contribution in [-0.4, -0.2) is 63.7 Å². The SMILES string of the molecule is Cc1cc(C(=O)N2CCC(N(C)C)CC2)c2cnn(C(C)C)c2n1. The van der Waals surface area contributed by atoms with E-state index in [1.807, 2.05) is 22.6 Å². The zero-order valence-corrected chi connectivity index (χ0v) is 15.3. The molecule has 0 spiro atoms. The molecule has 0 unspecified atom stereocenters. The maximum atomic E-state index is 13.1. The minimum atomic E-state index is 0.103. The summed E-state index contributed by atoms with van der Waals surface area (Å²) in [4.78, 5) is 21.9. The molecule has 2 aromatic rings. The lowest BCUT2D eigenvalue weighted by molar-refractivity contribution is 0.0665. The van der Waals surface area contributed by atoms with Crippen molar-refractivity contribution in [1.29, 1.82) is 0 Å². The number of pyridine rings is 1. The molecule has 2 aromatic heterocycles. The Bertz CT molecular complexity index is 741. The highest BCUT2D eigenvalue weighted by Gasteiger charge is 2.26. The summed E-state index contributed by atoms with van der Waals surface area (Å²) in [6.45, 7) is 7.70. The summed E-state index contributed by atoms with van der Waals surface area (Å²) in [5.74, 6) is 0.103. The predicted octanol–water partition coefficient (Wildman–Crippen LogP) is 2.49. The third kappa shape index (κ3) is 3.02. The van der Waals surface area contributed by atoms with Crippen LogP contribution in [-0.2, 0) is 0 Å². The molecule has 1 amide bonds. The van der Waals surface area contributed by atoms with E-state index in [0.717, 1.165) is 48.2 Å². The third-order valence-corrected chi connectivity index (χ3v) is 4.90. The van der Waals surface area contributed by atoms with Crippen LogP contribution < -0.4 is 0 Å². The first kappa shape index (κ1) is 16.9. The summed E-state index contributed by atoms with van der Waals surface area (Å²) in [7, 11) is 4.22. The molecule has 0 N–H and O–H groups in total. The molecule has 1 aliphatic rings. The van der Waals surface area contributed by atoms with Gasteiger partial charge in [0.2, 0.25) is 0 Å². The summed E-state index contributed by atoms with van der Waals surface area (Å²) in [6.07, 6.45) is 3.83. The molecule has 0 radical (unpaired) electrons. The lowest BCUT2D eigenvalue weighted by atomic mass is 10.0. The van der Waals surface area contributed by atoms with Crippen LogP contribution in [0.25, 0.3) is 11.0 Å². The van der Waals surface area contributed by atoms with Crippen molar-refractivity contribution in [1.82, 2.24) is 24.6 Å². The van der Waals surface area contributed by atoms with E-state index in [1.165, 1.54) is 0 Å². The van der Waals surface area contributed by atoms with E-state index in [4.69, 9.17) is 0 Å². The predicted molar refractivity (Wildman–Crippen MR) is 95.3 cm³/mol. The van der Waals surface area contributed by atoms with Crippen molar-refractivity contribution in [2.45, 2.75) is 45.7 Å². The van der Waals surface area contributed by atoms with Gasteiger partial charge in [0.1, 0.15) is 0 Å². The Hall–Kier alpha value is -1.95. The Kier molecular flexibility index (Phi) is 4.58. The number of carbonyl (C=O) groups excluding carboxylic acids is 1. The average molecular weight is 329 g/mol. The van der Waals surface area contributed by atoms with Gasteiger partial charge in [-0.05, 0) is 53.8 Å². The van der Waals surface area contributed by atoms with E-state index < -0.39 is 0 Å². The van der Waals surface area contributed by atoms with Gasteiger partial charge in [-0.2, -0.15) is 5.10 Å². The lowest BCUT2D eigenvalue weighted by Crippen LogP contribution is -2.44. The zero-order valence-electron chi connectivity index (χ0n) is 15.3. The van der Waals surface area contributed by atoms with Crippen molar-refractivity contribution in [2.24, 2.45) is 0 Å². The fraction of sp³-hybridized carbons (Fsp3) is 0.611. The number of aryl methyl sites for hydroxylation is 1. The number of hydrogen-bond acceptors (Lipinski definition) is 4. The Balaban J connectivity index is 1.91. The van der Waals surface area contributed by atoms with Crippen molar-refractivity contribution >= 4 is 16.9 Å².